The average molecular weight is 276 g/mol. The normalized spacial score (nSPS) is 19.2. The van der Waals surface area contributed by atoms with Crippen LogP contribution in [0.5, 0.6) is 0 Å². The number of amides is 1. The van der Waals surface area contributed by atoms with E-state index in [1.165, 1.54) is 11.1 Å². The number of hydrogen-bond donors (Lipinski definition) is 3. The van der Waals surface area contributed by atoms with Gasteiger partial charge < -0.3 is 15.7 Å². The molecule has 0 saturated carbocycles. The van der Waals surface area contributed by atoms with Crippen molar-refractivity contribution in [2.75, 3.05) is 13.2 Å². The van der Waals surface area contributed by atoms with Gasteiger partial charge in [0, 0.05) is 19.7 Å². The van der Waals surface area contributed by atoms with E-state index in [9.17, 15) is 4.79 Å². The van der Waals surface area contributed by atoms with Crippen molar-refractivity contribution in [2.45, 2.75) is 38.8 Å². The van der Waals surface area contributed by atoms with Gasteiger partial charge in [-0.15, -0.1) is 0 Å². The van der Waals surface area contributed by atoms with Crippen molar-refractivity contribution >= 4 is 5.91 Å². The van der Waals surface area contributed by atoms with Crippen molar-refractivity contribution in [2.24, 2.45) is 5.92 Å². The summed E-state index contributed by atoms with van der Waals surface area (Å²) in [5.41, 5.74) is 2.54. The highest BCUT2D eigenvalue weighted by Gasteiger charge is 2.23. The van der Waals surface area contributed by atoms with Crippen LogP contribution in [0.1, 0.15) is 30.9 Å². The second-order valence-electron chi connectivity index (χ2n) is 5.44. The van der Waals surface area contributed by atoms with E-state index in [-0.39, 0.29) is 18.6 Å². The van der Waals surface area contributed by atoms with Crippen LogP contribution in [0.15, 0.2) is 24.3 Å². The van der Waals surface area contributed by atoms with Crippen LogP contribution >= 0.6 is 0 Å². The molecule has 2 rings (SSSR count). The summed E-state index contributed by atoms with van der Waals surface area (Å²) in [5.74, 6) is 0.427. The third-order valence-electron chi connectivity index (χ3n) is 4.08. The second-order valence-corrected chi connectivity index (χ2v) is 5.44. The quantitative estimate of drug-likeness (QED) is 0.732. The molecule has 4 nitrogen and oxygen atoms in total. The van der Waals surface area contributed by atoms with E-state index in [0.29, 0.717) is 12.5 Å². The number of aliphatic hydroxyl groups is 1. The molecule has 0 spiro atoms. The Morgan fingerprint density at radius 2 is 2.20 bits per heavy atom. The smallest absolute Gasteiger partial charge is 0.237 e. The molecule has 1 aromatic rings. The Balaban J connectivity index is 1.85. The van der Waals surface area contributed by atoms with Crippen molar-refractivity contribution in [3.05, 3.63) is 35.4 Å². The molecule has 0 bridgehead atoms. The summed E-state index contributed by atoms with van der Waals surface area (Å²) in [5, 5.41) is 15.3. The summed E-state index contributed by atoms with van der Waals surface area (Å²) < 4.78 is 0. The zero-order valence-corrected chi connectivity index (χ0v) is 12.1. The van der Waals surface area contributed by atoms with Crippen LogP contribution in [-0.2, 0) is 17.8 Å². The van der Waals surface area contributed by atoms with E-state index in [4.69, 9.17) is 5.11 Å². The number of benzene rings is 1. The van der Waals surface area contributed by atoms with Crippen molar-refractivity contribution in [1.29, 1.82) is 0 Å². The minimum atomic E-state index is -0.142. The standard InChI is InChI=1S/C16H24N2O2/c1-2-12(7-8-19)10-18-16(20)15-9-13-5-3-4-6-14(13)11-17-15/h3-6,12,15,17,19H,2,7-11H2,1H3,(H,18,20)/t12?,15-/m1/s1. The van der Waals surface area contributed by atoms with Crippen LogP contribution in [0.4, 0.5) is 0 Å². The maximum absolute atomic E-state index is 12.2. The Bertz CT molecular complexity index is 448. The first-order valence-corrected chi connectivity index (χ1v) is 7.43. The first-order valence-electron chi connectivity index (χ1n) is 7.43. The monoisotopic (exact) mass is 276 g/mol. The zero-order valence-electron chi connectivity index (χ0n) is 12.1. The zero-order chi connectivity index (χ0) is 14.4. The molecule has 1 aromatic carbocycles. The Morgan fingerprint density at radius 1 is 1.45 bits per heavy atom. The summed E-state index contributed by atoms with van der Waals surface area (Å²) in [7, 11) is 0. The van der Waals surface area contributed by atoms with E-state index in [0.717, 1.165) is 25.8 Å². The summed E-state index contributed by atoms with van der Waals surface area (Å²) >= 11 is 0. The molecular formula is C16H24N2O2. The third kappa shape index (κ3) is 3.81. The van der Waals surface area contributed by atoms with Crippen LogP contribution in [0.3, 0.4) is 0 Å². The summed E-state index contributed by atoms with van der Waals surface area (Å²) in [6.07, 6.45) is 2.47. The van der Waals surface area contributed by atoms with Crippen molar-refractivity contribution < 1.29 is 9.90 Å². The fraction of sp³-hybridized carbons (Fsp3) is 0.562. The molecule has 2 atom stereocenters. The third-order valence-corrected chi connectivity index (χ3v) is 4.08. The highest BCUT2D eigenvalue weighted by molar-refractivity contribution is 5.82. The lowest BCUT2D eigenvalue weighted by Crippen LogP contribution is -2.48. The molecule has 0 aliphatic carbocycles. The van der Waals surface area contributed by atoms with Crippen LogP contribution in [-0.4, -0.2) is 30.2 Å². The first kappa shape index (κ1) is 15.0. The fourth-order valence-corrected chi connectivity index (χ4v) is 2.64. The first-order chi connectivity index (χ1) is 9.74. The molecule has 0 fully saturated rings. The Morgan fingerprint density at radius 3 is 2.90 bits per heavy atom. The van der Waals surface area contributed by atoms with E-state index < -0.39 is 0 Å². The minimum Gasteiger partial charge on any atom is -0.396 e. The van der Waals surface area contributed by atoms with E-state index >= 15 is 0 Å². The van der Waals surface area contributed by atoms with Gasteiger partial charge in [0.15, 0.2) is 0 Å². The molecule has 20 heavy (non-hydrogen) atoms. The second kappa shape index (κ2) is 7.41. The predicted octanol–water partition coefficient (Wildman–Crippen LogP) is 1.23. The van der Waals surface area contributed by atoms with Gasteiger partial charge in [0.2, 0.25) is 5.91 Å². The highest BCUT2D eigenvalue weighted by Crippen LogP contribution is 2.16. The number of carbonyl (C=O) groups excluding carboxylic acids is 1. The van der Waals surface area contributed by atoms with E-state index in [2.05, 4.69) is 29.7 Å². The van der Waals surface area contributed by atoms with Crippen LogP contribution in [0.25, 0.3) is 0 Å². The van der Waals surface area contributed by atoms with Crippen LogP contribution < -0.4 is 10.6 Å². The number of hydrogen-bond acceptors (Lipinski definition) is 3. The highest BCUT2D eigenvalue weighted by atomic mass is 16.3. The average Bonchev–Trinajstić information content (AvgIpc) is 2.50. The van der Waals surface area contributed by atoms with E-state index in [1.54, 1.807) is 0 Å². The number of aliphatic hydroxyl groups excluding tert-OH is 1. The molecule has 0 radical (unpaired) electrons. The summed E-state index contributed by atoms with van der Waals surface area (Å²) in [4.78, 5) is 12.2. The summed E-state index contributed by atoms with van der Waals surface area (Å²) in [6.45, 7) is 3.67. The van der Waals surface area contributed by atoms with Gasteiger partial charge >= 0.3 is 0 Å². The maximum atomic E-state index is 12.2. The van der Waals surface area contributed by atoms with Crippen molar-refractivity contribution in [3.8, 4) is 0 Å². The molecule has 1 unspecified atom stereocenters. The van der Waals surface area contributed by atoms with Gasteiger partial charge in [0.1, 0.15) is 0 Å². The summed E-state index contributed by atoms with van der Waals surface area (Å²) in [6, 6.07) is 8.10. The van der Waals surface area contributed by atoms with Gasteiger partial charge in [-0.05, 0) is 29.9 Å². The molecule has 3 N–H and O–H groups in total. The lowest BCUT2D eigenvalue weighted by atomic mass is 9.95. The number of carbonyl (C=O) groups is 1. The van der Waals surface area contributed by atoms with Gasteiger partial charge in [-0.2, -0.15) is 0 Å². The topological polar surface area (TPSA) is 61.4 Å². The number of rotatable bonds is 6. The molecule has 1 aliphatic heterocycles. The lowest BCUT2D eigenvalue weighted by Gasteiger charge is -2.26. The van der Waals surface area contributed by atoms with Gasteiger partial charge in [-0.25, -0.2) is 0 Å². The predicted molar refractivity (Wildman–Crippen MR) is 79.3 cm³/mol. The Kier molecular flexibility index (Phi) is 5.56. The SMILES string of the molecule is CCC(CCO)CNC(=O)[C@H]1Cc2ccccc2CN1. The molecule has 1 heterocycles. The number of fused-ring (bicyclic) bond motifs is 1. The largest absolute Gasteiger partial charge is 0.396 e. The molecule has 0 aromatic heterocycles. The molecule has 0 saturated heterocycles. The minimum absolute atomic E-state index is 0.0656. The van der Waals surface area contributed by atoms with Gasteiger partial charge in [-0.1, -0.05) is 37.6 Å². The van der Waals surface area contributed by atoms with Crippen LogP contribution in [0.2, 0.25) is 0 Å². The lowest BCUT2D eigenvalue weighted by molar-refractivity contribution is -0.123. The van der Waals surface area contributed by atoms with Gasteiger partial charge in [0.25, 0.3) is 0 Å². The maximum Gasteiger partial charge on any atom is 0.237 e. The fourth-order valence-electron chi connectivity index (χ4n) is 2.64. The molecular weight excluding hydrogens is 252 g/mol. The van der Waals surface area contributed by atoms with Gasteiger partial charge in [-0.3, -0.25) is 4.79 Å². The Hall–Kier alpha value is -1.39. The van der Waals surface area contributed by atoms with Crippen molar-refractivity contribution in [1.82, 2.24) is 10.6 Å². The molecule has 1 aliphatic rings. The molecule has 4 heteroatoms. The number of nitrogens with one attached hydrogen (secondary N) is 2. The van der Waals surface area contributed by atoms with Crippen LogP contribution in [0, 0.1) is 5.92 Å². The van der Waals surface area contributed by atoms with Crippen molar-refractivity contribution in [3.63, 3.8) is 0 Å². The molecule has 110 valence electrons. The molecule has 1 amide bonds. The van der Waals surface area contributed by atoms with Gasteiger partial charge in [0.05, 0.1) is 6.04 Å². The van der Waals surface area contributed by atoms with E-state index in [1.807, 2.05) is 12.1 Å². The Labute approximate surface area is 120 Å².